The number of nitrogens with one attached hydrogen (secondary N) is 1. The fraction of sp³-hybridized carbons (Fsp3) is 0.263. The third kappa shape index (κ3) is 3.35. The minimum Gasteiger partial charge on any atom is -0.349 e. The molecule has 0 spiro atoms. The molecule has 0 saturated carbocycles. The predicted molar refractivity (Wildman–Crippen MR) is 98.9 cm³/mol. The number of rotatable bonds is 3. The number of hydrogen-bond donors (Lipinski definition) is 1. The SMILES string of the molecule is CC1CC(=O)Nc2ccccc2N1C(=O)CN(C)c1ncccc1C#N. The average molecular weight is 349 g/mol. The number of hydrogen-bond acceptors (Lipinski definition) is 5. The van der Waals surface area contributed by atoms with Crippen LogP contribution in [0.25, 0.3) is 0 Å². The summed E-state index contributed by atoms with van der Waals surface area (Å²) < 4.78 is 0. The Morgan fingerprint density at radius 3 is 2.92 bits per heavy atom. The molecular weight excluding hydrogens is 330 g/mol. The lowest BCUT2D eigenvalue weighted by molar-refractivity contribution is -0.118. The number of fused-ring (bicyclic) bond motifs is 1. The van der Waals surface area contributed by atoms with Crippen LogP contribution in [0.3, 0.4) is 0 Å². The molecule has 3 rings (SSSR count). The Labute approximate surface area is 151 Å². The molecule has 0 aliphatic carbocycles. The molecule has 132 valence electrons. The molecule has 26 heavy (non-hydrogen) atoms. The van der Waals surface area contributed by atoms with E-state index in [1.807, 2.05) is 25.1 Å². The number of amides is 2. The Morgan fingerprint density at radius 1 is 1.38 bits per heavy atom. The summed E-state index contributed by atoms with van der Waals surface area (Å²) in [6.07, 6.45) is 1.81. The van der Waals surface area contributed by atoms with Crippen LogP contribution in [0, 0.1) is 11.3 Å². The van der Waals surface area contributed by atoms with Gasteiger partial charge < -0.3 is 15.1 Å². The van der Waals surface area contributed by atoms with E-state index in [4.69, 9.17) is 0 Å². The minimum absolute atomic E-state index is 0.0402. The van der Waals surface area contributed by atoms with Crippen LogP contribution >= 0.6 is 0 Å². The third-order valence-corrected chi connectivity index (χ3v) is 4.27. The van der Waals surface area contributed by atoms with Crippen molar-refractivity contribution < 1.29 is 9.59 Å². The highest BCUT2D eigenvalue weighted by Crippen LogP contribution is 2.31. The van der Waals surface area contributed by atoms with Crippen LogP contribution in [-0.4, -0.2) is 36.4 Å². The van der Waals surface area contributed by atoms with E-state index in [1.54, 1.807) is 41.2 Å². The molecule has 7 heteroatoms. The Kier molecular flexibility index (Phi) is 4.85. The van der Waals surface area contributed by atoms with Gasteiger partial charge in [-0.25, -0.2) is 4.98 Å². The van der Waals surface area contributed by atoms with Gasteiger partial charge in [0.05, 0.1) is 23.5 Å². The fourth-order valence-electron chi connectivity index (χ4n) is 3.11. The topological polar surface area (TPSA) is 89.3 Å². The maximum atomic E-state index is 13.0. The molecule has 0 saturated heterocycles. The number of para-hydroxylation sites is 2. The molecule has 2 heterocycles. The van der Waals surface area contributed by atoms with Crippen LogP contribution in [0.1, 0.15) is 18.9 Å². The zero-order chi connectivity index (χ0) is 18.7. The van der Waals surface area contributed by atoms with Gasteiger partial charge >= 0.3 is 0 Å². The van der Waals surface area contributed by atoms with Crippen molar-refractivity contribution in [2.24, 2.45) is 0 Å². The number of likely N-dealkylation sites (N-methyl/N-ethyl adjacent to an activating group) is 1. The van der Waals surface area contributed by atoms with Gasteiger partial charge in [-0.05, 0) is 31.2 Å². The lowest BCUT2D eigenvalue weighted by Crippen LogP contribution is -2.44. The smallest absolute Gasteiger partial charge is 0.246 e. The molecule has 0 bridgehead atoms. The van der Waals surface area contributed by atoms with Crippen molar-refractivity contribution in [2.75, 3.05) is 28.7 Å². The molecule has 1 aliphatic rings. The van der Waals surface area contributed by atoms with Gasteiger partial charge in [-0.15, -0.1) is 0 Å². The zero-order valence-electron chi connectivity index (χ0n) is 14.6. The Hall–Kier alpha value is -3.40. The van der Waals surface area contributed by atoms with E-state index in [0.717, 1.165) is 0 Å². The Balaban J connectivity index is 1.89. The molecule has 0 radical (unpaired) electrons. The van der Waals surface area contributed by atoms with Crippen LogP contribution in [0.4, 0.5) is 17.2 Å². The second-order valence-electron chi connectivity index (χ2n) is 6.22. The van der Waals surface area contributed by atoms with Crippen molar-refractivity contribution >= 4 is 29.0 Å². The lowest BCUT2D eigenvalue weighted by atomic mass is 10.1. The van der Waals surface area contributed by atoms with Gasteiger partial charge in [0.2, 0.25) is 11.8 Å². The molecule has 1 atom stereocenters. The minimum atomic E-state index is -0.279. The predicted octanol–water partition coefficient (Wildman–Crippen LogP) is 2.15. The maximum Gasteiger partial charge on any atom is 0.246 e. The van der Waals surface area contributed by atoms with E-state index in [1.165, 1.54) is 0 Å². The van der Waals surface area contributed by atoms with Crippen molar-refractivity contribution in [3.8, 4) is 6.07 Å². The van der Waals surface area contributed by atoms with E-state index in [0.29, 0.717) is 22.8 Å². The molecule has 2 aromatic rings. The van der Waals surface area contributed by atoms with Gasteiger partial charge in [-0.1, -0.05) is 12.1 Å². The highest BCUT2D eigenvalue weighted by molar-refractivity contribution is 6.05. The third-order valence-electron chi connectivity index (χ3n) is 4.27. The number of benzene rings is 1. The number of nitrogens with zero attached hydrogens (tertiary/aromatic N) is 4. The van der Waals surface area contributed by atoms with Crippen LogP contribution < -0.4 is 15.1 Å². The summed E-state index contributed by atoms with van der Waals surface area (Å²) in [7, 11) is 1.72. The number of pyridine rings is 1. The highest BCUT2D eigenvalue weighted by Gasteiger charge is 2.30. The maximum absolute atomic E-state index is 13.0. The number of aromatic nitrogens is 1. The van der Waals surface area contributed by atoms with Crippen LogP contribution in [0.5, 0.6) is 0 Å². The number of anilines is 3. The summed E-state index contributed by atoms with van der Waals surface area (Å²) in [5.41, 5.74) is 1.70. The molecule has 1 aromatic heterocycles. The van der Waals surface area contributed by atoms with Crippen molar-refractivity contribution in [2.45, 2.75) is 19.4 Å². The summed E-state index contributed by atoms with van der Waals surface area (Å²) in [6.45, 7) is 1.89. The first kappa shape index (κ1) is 17.4. The monoisotopic (exact) mass is 349 g/mol. The largest absolute Gasteiger partial charge is 0.349 e. The first-order valence-electron chi connectivity index (χ1n) is 8.28. The zero-order valence-corrected chi connectivity index (χ0v) is 14.6. The summed E-state index contributed by atoms with van der Waals surface area (Å²) in [6, 6.07) is 12.4. The van der Waals surface area contributed by atoms with Gasteiger partial charge in [0.25, 0.3) is 0 Å². The van der Waals surface area contributed by atoms with Gasteiger partial charge in [0, 0.05) is 25.7 Å². The normalized spacial score (nSPS) is 16.1. The van der Waals surface area contributed by atoms with Crippen molar-refractivity contribution in [3.63, 3.8) is 0 Å². The first-order valence-corrected chi connectivity index (χ1v) is 8.28. The van der Waals surface area contributed by atoms with E-state index < -0.39 is 0 Å². The molecule has 1 N–H and O–H groups in total. The fourth-order valence-corrected chi connectivity index (χ4v) is 3.11. The summed E-state index contributed by atoms with van der Waals surface area (Å²) in [5, 5.41) is 12.1. The summed E-state index contributed by atoms with van der Waals surface area (Å²) in [4.78, 5) is 32.6. The number of carbonyl (C=O) groups is 2. The second-order valence-corrected chi connectivity index (χ2v) is 6.22. The Bertz CT molecular complexity index is 889. The molecule has 1 aliphatic heterocycles. The molecular formula is C19H19N5O2. The van der Waals surface area contributed by atoms with E-state index >= 15 is 0 Å². The summed E-state index contributed by atoms with van der Waals surface area (Å²) >= 11 is 0. The number of nitriles is 1. The van der Waals surface area contributed by atoms with E-state index in [9.17, 15) is 14.9 Å². The lowest BCUT2D eigenvalue weighted by Gasteiger charge is -2.30. The van der Waals surface area contributed by atoms with Crippen molar-refractivity contribution in [1.82, 2.24) is 4.98 Å². The average Bonchev–Trinajstić information content (AvgIpc) is 2.75. The van der Waals surface area contributed by atoms with E-state index in [2.05, 4.69) is 16.4 Å². The van der Waals surface area contributed by atoms with Crippen molar-refractivity contribution in [3.05, 3.63) is 48.2 Å². The molecule has 1 aromatic carbocycles. The van der Waals surface area contributed by atoms with Crippen LogP contribution in [0.15, 0.2) is 42.6 Å². The van der Waals surface area contributed by atoms with Gasteiger partial charge in [-0.3, -0.25) is 9.59 Å². The quantitative estimate of drug-likeness (QED) is 0.917. The Morgan fingerprint density at radius 2 is 2.15 bits per heavy atom. The van der Waals surface area contributed by atoms with Crippen LogP contribution in [-0.2, 0) is 9.59 Å². The molecule has 0 fully saturated rings. The molecule has 1 unspecified atom stereocenters. The van der Waals surface area contributed by atoms with Gasteiger partial charge in [-0.2, -0.15) is 5.26 Å². The van der Waals surface area contributed by atoms with E-state index in [-0.39, 0.29) is 30.8 Å². The van der Waals surface area contributed by atoms with Crippen LogP contribution in [0.2, 0.25) is 0 Å². The highest BCUT2D eigenvalue weighted by atomic mass is 16.2. The standard InChI is InChI=1S/C19H19N5O2/c1-13-10-17(25)22-15-7-3-4-8-16(15)24(13)18(26)12-23(2)19-14(11-20)6-5-9-21-19/h3-9,13H,10,12H2,1-2H3,(H,22,25). The van der Waals surface area contributed by atoms with Crippen molar-refractivity contribution in [1.29, 1.82) is 5.26 Å². The second kappa shape index (κ2) is 7.23. The first-order chi connectivity index (χ1) is 12.5. The van der Waals surface area contributed by atoms with Gasteiger partial charge in [0.15, 0.2) is 0 Å². The summed E-state index contributed by atoms with van der Waals surface area (Å²) in [5.74, 6) is 0.164. The van der Waals surface area contributed by atoms with Gasteiger partial charge in [0.1, 0.15) is 11.9 Å². The molecule has 7 nitrogen and oxygen atoms in total. The molecule has 2 amide bonds. The number of carbonyl (C=O) groups excluding carboxylic acids is 2.